The number of rotatable bonds is 6. The van der Waals surface area contributed by atoms with Gasteiger partial charge in [0.25, 0.3) is 0 Å². The Bertz CT molecular complexity index is 890. The van der Waals surface area contributed by atoms with Gasteiger partial charge in [0.15, 0.2) is 0 Å². The van der Waals surface area contributed by atoms with Gasteiger partial charge in [-0.2, -0.15) is 4.31 Å². The Morgan fingerprint density at radius 3 is 2.22 bits per heavy atom. The van der Waals surface area contributed by atoms with Crippen molar-refractivity contribution in [2.75, 3.05) is 39.8 Å². The van der Waals surface area contributed by atoms with Crippen molar-refractivity contribution < 1.29 is 27.2 Å². The number of halogens is 1. The van der Waals surface area contributed by atoms with E-state index in [1.165, 1.54) is 16.4 Å². The minimum Gasteiger partial charge on any atom is -0.497 e. The highest BCUT2D eigenvalue weighted by Crippen LogP contribution is 2.16. The predicted molar refractivity (Wildman–Crippen MR) is 98.0 cm³/mol. The second-order valence-corrected chi connectivity index (χ2v) is 8.37. The summed E-state index contributed by atoms with van der Waals surface area (Å²) >= 11 is 0. The van der Waals surface area contributed by atoms with E-state index in [0.29, 0.717) is 44.0 Å². The average molecular weight is 393 g/mol. The van der Waals surface area contributed by atoms with Crippen molar-refractivity contribution in [2.45, 2.75) is 4.90 Å². The van der Waals surface area contributed by atoms with Crippen molar-refractivity contribution in [3.63, 3.8) is 0 Å². The van der Waals surface area contributed by atoms with Crippen molar-refractivity contribution in [1.82, 2.24) is 4.31 Å². The van der Waals surface area contributed by atoms with E-state index in [1.54, 1.807) is 31.4 Å². The van der Waals surface area contributed by atoms with Crippen LogP contribution in [-0.2, 0) is 10.0 Å². The molecule has 0 bridgehead atoms. The van der Waals surface area contributed by atoms with Crippen LogP contribution < -0.4 is 9.64 Å². The number of carbonyl (C=O) groups is 1. The lowest BCUT2D eigenvalue weighted by Gasteiger charge is -2.31. The summed E-state index contributed by atoms with van der Waals surface area (Å²) in [5.74, 6) is 0.237. The zero-order valence-electron chi connectivity index (χ0n) is 15.0. The van der Waals surface area contributed by atoms with Crippen molar-refractivity contribution in [1.29, 1.82) is 0 Å². The fourth-order valence-corrected chi connectivity index (χ4v) is 4.52. The Morgan fingerprint density at radius 1 is 1.07 bits per heavy atom. The summed E-state index contributed by atoms with van der Waals surface area (Å²) in [5.41, 5.74) is 0.615. The number of carbonyl (C=O) groups excluding carboxylic acids is 1. The van der Waals surface area contributed by atoms with E-state index >= 15 is 0 Å². The van der Waals surface area contributed by atoms with E-state index in [0.717, 1.165) is 17.0 Å². The van der Waals surface area contributed by atoms with Gasteiger partial charge in [0.2, 0.25) is 15.8 Å². The number of nitrogens with one attached hydrogen (secondary N) is 1. The maximum Gasteiger partial charge on any atom is 0.243 e. The summed E-state index contributed by atoms with van der Waals surface area (Å²) in [6.07, 6.45) is 0. The van der Waals surface area contributed by atoms with Gasteiger partial charge in [-0.05, 0) is 48.5 Å². The molecule has 1 N–H and O–H groups in total. The van der Waals surface area contributed by atoms with E-state index in [9.17, 15) is 17.6 Å². The number of methoxy groups -OCH3 is 1. The molecule has 0 atom stereocenters. The van der Waals surface area contributed by atoms with Crippen LogP contribution in [0, 0.1) is 5.82 Å². The highest BCUT2D eigenvalue weighted by atomic mass is 32.2. The van der Waals surface area contributed by atoms with Crippen molar-refractivity contribution >= 4 is 15.8 Å². The molecule has 3 rings (SSSR count). The summed E-state index contributed by atoms with van der Waals surface area (Å²) < 4.78 is 44.7. The molecule has 0 saturated carbocycles. The standard InChI is InChI=1S/C19H21FN2O4S/c1-26-17-6-2-15(3-7-17)19(23)14-21-10-12-22(13-11-21)27(24,25)18-8-4-16(20)5-9-18/h2-9H,10-14H2,1H3/p+1. The number of Topliss-reactive ketones (excluding diaryl/α,β-unsaturated/α-hetero) is 1. The molecule has 8 heteroatoms. The Morgan fingerprint density at radius 2 is 1.67 bits per heavy atom. The molecule has 1 aliphatic heterocycles. The molecular weight excluding hydrogens is 371 g/mol. The smallest absolute Gasteiger partial charge is 0.243 e. The summed E-state index contributed by atoms with van der Waals surface area (Å²) in [5, 5.41) is 0. The Kier molecular flexibility index (Phi) is 5.88. The Hall–Kier alpha value is -2.29. The molecule has 0 radical (unpaired) electrons. The Balaban J connectivity index is 1.58. The van der Waals surface area contributed by atoms with Crippen LogP contribution in [0.3, 0.4) is 0 Å². The maximum atomic E-state index is 13.0. The first-order chi connectivity index (χ1) is 12.9. The lowest BCUT2D eigenvalue weighted by molar-refractivity contribution is -0.895. The normalized spacial score (nSPS) is 16.2. The molecular formula is C19H22FN2O4S+. The van der Waals surface area contributed by atoms with Crippen LogP contribution >= 0.6 is 0 Å². The highest BCUT2D eigenvalue weighted by Gasteiger charge is 2.31. The fourth-order valence-electron chi connectivity index (χ4n) is 3.08. The van der Waals surface area contributed by atoms with Crippen molar-refractivity contribution in [2.24, 2.45) is 0 Å². The molecule has 1 aliphatic rings. The maximum absolute atomic E-state index is 13.0. The summed E-state index contributed by atoms with van der Waals surface area (Å²) in [6, 6.07) is 11.8. The Labute approximate surface area is 158 Å². The molecule has 6 nitrogen and oxygen atoms in total. The monoisotopic (exact) mass is 393 g/mol. The second-order valence-electron chi connectivity index (χ2n) is 6.44. The quantitative estimate of drug-likeness (QED) is 0.730. The minimum atomic E-state index is -3.64. The number of piperazine rings is 1. The molecule has 1 heterocycles. The molecule has 0 aliphatic carbocycles. The summed E-state index contributed by atoms with van der Waals surface area (Å²) in [4.78, 5) is 13.5. The number of ketones is 1. The van der Waals surface area contributed by atoms with Gasteiger partial charge in [0.1, 0.15) is 18.1 Å². The van der Waals surface area contributed by atoms with Gasteiger partial charge in [-0.3, -0.25) is 4.79 Å². The lowest BCUT2D eigenvalue weighted by atomic mass is 10.1. The molecule has 0 aromatic heterocycles. The van der Waals surface area contributed by atoms with Crippen LogP contribution in [0.4, 0.5) is 4.39 Å². The number of ether oxygens (including phenoxy) is 1. The average Bonchev–Trinajstić information content (AvgIpc) is 2.69. The molecule has 2 aromatic rings. The molecule has 27 heavy (non-hydrogen) atoms. The van der Waals surface area contributed by atoms with Crippen LogP contribution in [0.2, 0.25) is 0 Å². The molecule has 0 spiro atoms. The summed E-state index contributed by atoms with van der Waals surface area (Å²) in [7, 11) is -2.07. The molecule has 1 fully saturated rings. The molecule has 0 amide bonds. The molecule has 0 unspecified atom stereocenters. The van der Waals surface area contributed by atoms with Crippen LogP contribution in [0.15, 0.2) is 53.4 Å². The zero-order valence-corrected chi connectivity index (χ0v) is 15.8. The predicted octanol–water partition coefficient (Wildman–Crippen LogP) is 0.606. The second kappa shape index (κ2) is 8.16. The third-order valence-corrected chi connectivity index (χ3v) is 6.62. The highest BCUT2D eigenvalue weighted by molar-refractivity contribution is 7.89. The molecule has 1 saturated heterocycles. The van der Waals surface area contributed by atoms with Crippen molar-refractivity contribution in [3.8, 4) is 5.75 Å². The van der Waals surface area contributed by atoms with Gasteiger partial charge in [-0.25, -0.2) is 12.8 Å². The first-order valence-electron chi connectivity index (χ1n) is 8.66. The van der Waals surface area contributed by atoms with Crippen LogP contribution in [0.5, 0.6) is 5.75 Å². The number of hydrogen-bond acceptors (Lipinski definition) is 4. The van der Waals surface area contributed by atoms with Crippen LogP contribution in [-0.4, -0.2) is 58.3 Å². The lowest BCUT2D eigenvalue weighted by Crippen LogP contribution is -3.15. The summed E-state index contributed by atoms with van der Waals surface area (Å²) in [6.45, 7) is 2.05. The number of sulfonamides is 1. The van der Waals surface area contributed by atoms with Crippen molar-refractivity contribution in [3.05, 3.63) is 59.9 Å². The third-order valence-electron chi connectivity index (χ3n) is 4.70. The first kappa shape index (κ1) is 19.5. The van der Waals surface area contributed by atoms with E-state index in [2.05, 4.69) is 0 Å². The van der Waals surface area contributed by atoms with Gasteiger partial charge in [-0.1, -0.05) is 0 Å². The first-order valence-corrected chi connectivity index (χ1v) is 10.1. The van der Waals surface area contributed by atoms with E-state index in [1.807, 2.05) is 0 Å². The van der Waals surface area contributed by atoms with E-state index in [4.69, 9.17) is 4.74 Å². The fraction of sp³-hybridized carbons (Fsp3) is 0.316. The largest absolute Gasteiger partial charge is 0.497 e. The number of nitrogens with zero attached hydrogens (tertiary/aromatic N) is 1. The number of benzene rings is 2. The van der Waals surface area contributed by atoms with E-state index < -0.39 is 15.8 Å². The zero-order chi connectivity index (χ0) is 19.4. The number of quaternary nitrogens is 1. The van der Waals surface area contributed by atoms with E-state index in [-0.39, 0.29) is 10.7 Å². The topological polar surface area (TPSA) is 68.1 Å². The number of hydrogen-bond donors (Lipinski definition) is 1. The SMILES string of the molecule is COc1ccc(C(=O)C[NH+]2CCN(S(=O)(=O)c3ccc(F)cc3)CC2)cc1. The molecule has 2 aromatic carbocycles. The van der Waals surface area contributed by atoms with Gasteiger partial charge in [0.05, 0.1) is 38.2 Å². The van der Waals surface area contributed by atoms with Gasteiger partial charge < -0.3 is 9.64 Å². The molecule has 144 valence electrons. The van der Waals surface area contributed by atoms with Gasteiger partial charge in [-0.15, -0.1) is 0 Å². The van der Waals surface area contributed by atoms with Crippen LogP contribution in [0.1, 0.15) is 10.4 Å². The van der Waals surface area contributed by atoms with Gasteiger partial charge >= 0.3 is 0 Å². The van der Waals surface area contributed by atoms with Crippen LogP contribution in [0.25, 0.3) is 0 Å². The van der Waals surface area contributed by atoms with Gasteiger partial charge in [0, 0.05) is 5.56 Å². The minimum absolute atomic E-state index is 0.0162. The third kappa shape index (κ3) is 4.52.